The maximum Gasteiger partial charge on any atom is 0.243 e. The molecule has 0 atom stereocenters. The molecule has 0 spiro atoms. The van der Waals surface area contributed by atoms with E-state index in [1.54, 1.807) is 29.6 Å². The third-order valence-corrected chi connectivity index (χ3v) is 7.51. The number of piperazine rings is 1. The summed E-state index contributed by atoms with van der Waals surface area (Å²) in [6, 6.07) is 5.75. The van der Waals surface area contributed by atoms with E-state index < -0.39 is 10.0 Å². The van der Waals surface area contributed by atoms with Crippen molar-refractivity contribution >= 4 is 10.0 Å². The maximum absolute atomic E-state index is 12.9. The molecule has 0 amide bonds. The van der Waals surface area contributed by atoms with Gasteiger partial charge in [-0.15, -0.1) is 0 Å². The van der Waals surface area contributed by atoms with Crippen LogP contribution in [0.3, 0.4) is 0 Å². The van der Waals surface area contributed by atoms with Gasteiger partial charge in [-0.1, -0.05) is 25.7 Å². The van der Waals surface area contributed by atoms with Crippen molar-refractivity contribution in [1.82, 2.24) is 9.21 Å². The van der Waals surface area contributed by atoms with Crippen LogP contribution in [0.2, 0.25) is 0 Å². The van der Waals surface area contributed by atoms with E-state index in [0.29, 0.717) is 24.0 Å². The Bertz CT molecular complexity index is 674. The summed E-state index contributed by atoms with van der Waals surface area (Å²) in [6.07, 6.45) is 7.86. The van der Waals surface area contributed by atoms with Crippen molar-refractivity contribution < 1.29 is 13.2 Å². The molecule has 0 radical (unpaired) electrons. The number of nitrogens with zero attached hydrogens (tertiary/aromatic N) is 2. The summed E-state index contributed by atoms with van der Waals surface area (Å²) in [5, 5.41) is 0. The Morgan fingerprint density at radius 3 is 2.20 bits per heavy atom. The lowest BCUT2D eigenvalue weighted by Crippen LogP contribution is -2.51. The minimum Gasteiger partial charge on any atom is -0.496 e. The van der Waals surface area contributed by atoms with Gasteiger partial charge in [-0.25, -0.2) is 8.42 Å². The molecule has 6 heteroatoms. The van der Waals surface area contributed by atoms with E-state index in [-0.39, 0.29) is 0 Å². The second-order valence-corrected chi connectivity index (χ2v) is 9.15. The summed E-state index contributed by atoms with van der Waals surface area (Å²) >= 11 is 0. The molecule has 1 saturated carbocycles. The highest BCUT2D eigenvalue weighted by Gasteiger charge is 2.31. The van der Waals surface area contributed by atoms with Crippen molar-refractivity contribution in [2.45, 2.75) is 56.4 Å². The Kier molecular flexibility index (Phi) is 6.02. The van der Waals surface area contributed by atoms with E-state index in [1.165, 1.54) is 38.5 Å². The molecule has 140 valence electrons. The normalized spacial score (nSPS) is 21.8. The molecule has 1 saturated heterocycles. The van der Waals surface area contributed by atoms with Crippen LogP contribution in [0.1, 0.15) is 44.1 Å². The summed E-state index contributed by atoms with van der Waals surface area (Å²) < 4.78 is 32.8. The quantitative estimate of drug-likeness (QED) is 0.769. The first-order chi connectivity index (χ1) is 12.0. The van der Waals surface area contributed by atoms with Gasteiger partial charge in [-0.05, 0) is 43.5 Å². The standard InChI is InChI=1S/C19H30N2O3S/c1-16-15-18(9-10-19(16)24-2)25(22,23)21-13-11-20(12-14-21)17-7-5-3-4-6-8-17/h9-10,15,17H,3-8,11-14H2,1-2H3. The zero-order valence-corrected chi connectivity index (χ0v) is 16.2. The smallest absolute Gasteiger partial charge is 0.243 e. The molecule has 2 fully saturated rings. The average Bonchev–Trinajstić information content (AvgIpc) is 2.91. The molecular formula is C19H30N2O3S. The predicted octanol–water partition coefficient (Wildman–Crippen LogP) is 3.03. The summed E-state index contributed by atoms with van der Waals surface area (Å²) in [6.45, 7) is 4.74. The van der Waals surface area contributed by atoms with Crippen LogP contribution in [0, 0.1) is 6.92 Å². The monoisotopic (exact) mass is 366 g/mol. The Balaban J connectivity index is 1.66. The number of ether oxygens (including phenoxy) is 1. The van der Waals surface area contributed by atoms with Crippen LogP contribution >= 0.6 is 0 Å². The molecule has 1 aliphatic heterocycles. The van der Waals surface area contributed by atoms with E-state index in [2.05, 4.69) is 4.90 Å². The maximum atomic E-state index is 12.9. The average molecular weight is 367 g/mol. The largest absolute Gasteiger partial charge is 0.496 e. The summed E-state index contributed by atoms with van der Waals surface area (Å²) in [5.74, 6) is 0.720. The lowest BCUT2D eigenvalue weighted by atomic mass is 10.1. The Labute approximate surface area is 152 Å². The fraction of sp³-hybridized carbons (Fsp3) is 0.684. The molecular weight excluding hydrogens is 336 g/mol. The summed E-state index contributed by atoms with van der Waals surface area (Å²) in [7, 11) is -1.82. The molecule has 0 N–H and O–H groups in total. The van der Waals surface area contributed by atoms with Crippen LogP contribution in [0.25, 0.3) is 0 Å². The number of hydrogen-bond donors (Lipinski definition) is 0. The van der Waals surface area contributed by atoms with E-state index in [4.69, 9.17) is 4.74 Å². The van der Waals surface area contributed by atoms with Gasteiger partial charge in [0.2, 0.25) is 10.0 Å². The number of hydrogen-bond acceptors (Lipinski definition) is 4. The molecule has 1 heterocycles. The fourth-order valence-corrected chi connectivity index (χ4v) is 5.60. The first-order valence-corrected chi connectivity index (χ1v) is 10.9. The molecule has 0 bridgehead atoms. The summed E-state index contributed by atoms with van der Waals surface area (Å²) in [4.78, 5) is 2.88. The van der Waals surface area contributed by atoms with Gasteiger partial charge in [0.15, 0.2) is 0 Å². The van der Waals surface area contributed by atoms with Crippen molar-refractivity contribution in [3.8, 4) is 5.75 Å². The van der Waals surface area contributed by atoms with E-state index >= 15 is 0 Å². The van der Waals surface area contributed by atoms with E-state index in [1.807, 2.05) is 6.92 Å². The molecule has 0 aromatic heterocycles. The molecule has 1 aliphatic carbocycles. The lowest BCUT2D eigenvalue weighted by Gasteiger charge is -2.38. The zero-order chi connectivity index (χ0) is 17.9. The third kappa shape index (κ3) is 4.18. The number of aryl methyl sites for hydroxylation is 1. The van der Waals surface area contributed by atoms with Crippen LogP contribution in [0.5, 0.6) is 5.75 Å². The number of benzene rings is 1. The van der Waals surface area contributed by atoms with Crippen LogP contribution < -0.4 is 4.74 Å². The molecule has 5 nitrogen and oxygen atoms in total. The minimum atomic E-state index is -3.42. The molecule has 1 aromatic rings. The number of methoxy groups -OCH3 is 1. The third-order valence-electron chi connectivity index (χ3n) is 5.62. The van der Waals surface area contributed by atoms with E-state index in [0.717, 1.165) is 24.4 Å². The molecule has 1 aromatic carbocycles. The van der Waals surface area contributed by atoms with Crippen molar-refractivity contribution in [3.63, 3.8) is 0 Å². The molecule has 2 aliphatic rings. The SMILES string of the molecule is COc1ccc(S(=O)(=O)N2CCN(C3CCCCCC3)CC2)cc1C. The summed E-state index contributed by atoms with van der Waals surface area (Å²) in [5.41, 5.74) is 0.848. The topological polar surface area (TPSA) is 49.9 Å². The lowest BCUT2D eigenvalue weighted by molar-refractivity contribution is 0.126. The molecule has 25 heavy (non-hydrogen) atoms. The van der Waals surface area contributed by atoms with Gasteiger partial charge in [0.1, 0.15) is 5.75 Å². The van der Waals surface area contributed by atoms with Crippen LogP contribution in [0.4, 0.5) is 0 Å². The highest BCUT2D eigenvalue weighted by atomic mass is 32.2. The minimum absolute atomic E-state index is 0.369. The fourth-order valence-electron chi connectivity index (χ4n) is 4.09. The van der Waals surface area contributed by atoms with Crippen molar-refractivity contribution in [3.05, 3.63) is 23.8 Å². The van der Waals surface area contributed by atoms with Gasteiger partial charge >= 0.3 is 0 Å². The Morgan fingerprint density at radius 1 is 1.00 bits per heavy atom. The van der Waals surface area contributed by atoms with Crippen molar-refractivity contribution in [1.29, 1.82) is 0 Å². The van der Waals surface area contributed by atoms with Crippen LogP contribution in [-0.4, -0.2) is 57.0 Å². The molecule has 3 rings (SSSR count). The predicted molar refractivity (Wildman–Crippen MR) is 99.6 cm³/mol. The van der Waals surface area contributed by atoms with Crippen LogP contribution in [0.15, 0.2) is 23.1 Å². The van der Waals surface area contributed by atoms with Gasteiger partial charge in [-0.2, -0.15) is 4.31 Å². The highest BCUT2D eigenvalue weighted by molar-refractivity contribution is 7.89. The van der Waals surface area contributed by atoms with Gasteiger partial charge in [0.25, 0.3) is 0 Å². The number of rotatable bonds is 4. The molecule has 0 unspecified atom stereocenters. The first-order valence-electron chi connectivity index (χ1n) is 9.41. The van der Waals surface area contributed by atoms with Gasteiger partial charge in [0, 0.05) is 32.2 Å². The van der Waals surface area contributed by atoms with Crippen LogP contribution in [-0.2, 0) is 10.0 Å². The van der Waals surface area contributed by atoms with Crippen molar-refractivity contribution in [2.24, 2.45) is 0 Å². The Hall–Kier alpha value is -1.11. The zero-order valence-electron chi connectivity index (χ0n) is 15.4. The van der Waals surface area contributed by atoms with Gasteiger partial charge in [0.05, 0.1) is 12.0 Å². The van der Waals surface area contributed by atoms with Gasteiger partial charge < -0.3 is 4.74 Å². The van der Waals surface area contributed by atoms with Gasteiger partial charge in [-0.3, -0.25) is 4.90 Å². The van der Waals surface area contributed by atoms with Crippen molar-refractivity contribution in [2.75, 3.05) is 33.3 Å². The first kappa shape index (κ1) is 18.7. The second-order valence-electron chi connectivity index (χ2n) is 7.22. The number of sulfonamides is 1. The Morgan fingerprint density at radius 2 is 1.64 bits per heavy atom. The highest BCUT2D eigenvalue weighted by Crippen LogP contribution is 2.26. The van der Waals surface area contributed by atoms with E-state index in [9.17, 15) is 8.42 Å². The second kappa shape index (κ2) is 8.06.